The normalized spacial score (nSPS) is 23.8. The molecule has 0 rings (SSSR count). The molecule has 0 bridgehead atoms. The summed E-state index contributed by atoms with van der Waals surface area (Å²) in [6.45, 7) is -2.12. The minimum absolute atomic E-state index is 2.03. The summed E-state index contributed by atoms with van der Waals surface area (Å²) in [6, 6.07) is 0. The first kappa shape index (κ1) is 24.2. The summed E-state index contributed by atoms with van der Waals surface area (Å²) in [5.74, 6) is -2.03. The van der Waals surface area contributed by atoms with Crippen LogP contribution in [0.4, 0.5) is 43.9 Å². The van der Waals surface area contributed by atoms with Crippen LogP contribution in [0.1, 0.15) is 0 Å². The average Bonchev–Trinajstić information content (AvgIpc) is 2.54. The zero-order valence-corrected chi connectivity index (χ0v) is 12.9. The van der Waals surface area contributed by atoms with Crippen molar-refractivity contribution in [3.63, 3.8) is 0 Å². The van der Waals surface area contributed by atoms with Gasteiger partial charge in [-0.05, 0) is 0 Å². The number of alkyl halides is 10. The van der Waals surface area contributed by atoms with E-state index in [0.717, 1.165) is 0 Å². The lowest BCUT2D eigenvalue weighted by atomic mass is 9.97. The fraction of sp³-hybridized carbons (Fsp3) is 1.00. The van der Waals surface area contributed by atoms with Gasteiger partial charge >= 0.3 is 0 Å². The summed E-state index contributed by atoms with van der Waals surface area (Å²) in [4.78, 5) is 0. The van der Waals surface area contributed by atoms with Crippen LogP contribution in [0.3, 0.4) is 0 Å². The Kier molecular flexibility index (Phi) is 9.47. The molecule has 14 heteroatoms. The van der Waals surface area contributed by atoms with Crippen LogP contribution in [-0.4, -0.2) is 80.9 Å². The van der Waals surface area contributed by atoms with E-state index >= 15 is 0 Å². The molecule has 0 aliphatic heterocycles. The lowest BCUT2D eigenvalue weighted by Gasteiger charge is -2.26. The topological polar surface area (TPSA) is 54.4 Å². The van der Waals surface area contributed by atoms with Crippen LogP contribution in [-0.2, 0) is 10.1 Å². The van der Waals surface area contributed by atoms with Gasteiger partial charge in [-0.1, -0.05) is 0 Å². The molecule has 25 heavy (non-hydrogen) atoms. The number of hydrogen-bond acceptors (Lipinski definition) is 2. The van der Waals surface area contributed by atoms with Gasteiger partial charge in [0.05, 0.1) is 0 Å². The first-order chi connectivity index (χ1) is 11.2. The van der Waals surface area contributed by atoms with Crippen molar-refractivity contribution in [2.45, 2.75) is 55.5 Å². The highest BCUT2D eigenvalue weighted by atomic mass is 32.2. The molecular weight excluding hydrogens is 402 g/mol. The molecule has 0 spiro atoms. The van der Waals surface area contributed by atoms with Gasteiger partial charge in [0.25, 0.3) is 10.1 Å². The SMILES string of the molecule is O=S(=O)(O)CC(F)C(F)C(F)C(F)C(F)C(F)C(F)C(F)C(F)CF. The van der Waals surface area contributed by atoms with Gasteiger partial charge in [-0.2, -0.15) is 8.42 Å². The number of halogens is 10. The predicted octanol–water partition coefficient (Wildman–Crippen LogP) is 2.89. The maximum absolute atomic E-state index is 13.3. The molecule has 0 fully saturated rings. The first-order valence-electron chi connectivity index (χ1n) is 6.52. The van der Waals surface area contributed by atoms with Crippen LogP contribution in [0.25, 0.3) is 0 Å². The fourth-order valence-corrected chi connectivity index (χ4v) is 2.24. The van der Waals surface area contributed by atoms with Crippen molar-refractivity contribution < 1.29 is 56.9 Å². The zero-order chi connectivity index (χ0) is 20.1. The quantitative estimate of drug-likeness (QED) is 0.416. The van der Waals surface area contributed by atoms with Crippen molar-refractivity contribution >= 4 is 10.1 Å². The van der Waals surface area contributed by atoms with E-state index in [1.54, 1.807) is 0 Å². The van der Waals surface area contributed by atoms with Crippen molar-refractivity contribution in [1.82, 2.24) is 0 Å². The number of hydrogen-bond donors (Lipinski definition) is 1. The third-order valence-corrected chi connectivity index (χ3v) is 3.77. The molecular formula is C11H14F10O3S. The summed E-state index contributed by atoms with van der Waals surface area (Å²) in [7, 11) is -5.16. The second-order valence-electron chi connectivity index (χ2n) is 5.05. The molecule has 3 nitrogen and oxygen atoms in total. The summed E-state index contributed by atoms with van der Waals surface area (Å²) < 4.78 is 159. The average molecular weight is 416 g/mol. The molecule has 152 valence electrons. The van der Waals surface area contributed by atoms with Crippen molar-refractivity contribution in [3.8, 4) is 0 Å². The Bertz CT molecular complexity index is 494. The van der Waals surface area contributed by atoms with E-state index in [2.05, 4.69) is 0 Å². The zero-order valence-electron chi connectivity index (χ0n) is 12.1. The maximum Gasteiger partial charge on any atom is 0.267 e. The van der Waals surface area contributed by atoms with E-state index in [9.17, 15) is 52.3 Å². The Morgan fingerprint density at radius 1 is 0.600 bits per heavy atom. The standard InChI is InChI=1S/C11H14F10O3S/c12-1-3(13)5(15)7(17)9(19)11(21)10(20)8(18)6(16)4(14)2-25(22,23)24/h3-11H,1-2H2,(H,22,23,24). The van der Waals surface area contributed by atoms with Crippen LogP contribution in [0, 0.1) is 0 Å². The van der Waals surface area contributed by atoms with Gasteiger partial charge in [-0.15, -0.1) is 0 Å². The van der Waals surface area contributed by atoms with Gasteiger partial charge in [0, 0.05) is 0 Å². The van der Waals surface area contributed by atoms with Crippen molar-refractivity contribution in [2.24, 2.45) is 0 Å². The Labute approximate surface area is 136 Å². The van der Waals surface area contributed by atoms with Crippen LogP contribution >= 0.6 is 0 Å². The lowest BCUT2D eigenvalue weighted by molar-refractivity contribution is -0.0542. The van der Waals surface area contributed by atoms with Gasteiger partial charge in [0.1, 0.15) is 12.4 Å². The van der Waals surface area contributed by atoms with E-state index in [4.69, 9.17) is 4.55 Å². The van der Waals surface area contributed by atoms with Gasteiger partial charge in [0.2, 0.25) is 0 Å². The van der Waals surface area contributed by atoms with Crippen LogP contribution in [0.2, 0.25) is 0 Å². The number of rotatable bonds is 11. The minimum atomic E-state index is -5.16. The Balaban J connectivity index is 4.98. The van der Waals surface area contributed by atoms with Gasteiger partial charge in [-0.3, -0.25) is 4.55 Å². The molecule has 0 aromatic heterocycles. The van der Waals surface area contributed by atoms with E-state index < -0.39 is 78.1 Å². The summed E-state index contributed by atoms with van der Waals surface area (Å²) in [5.41, 5.74) is 0. The molecule has 0 radical (unpaired) electrons. The highest BCUT2D eigenvalue weighted by molar-refractivity contribution is 7.85. The molecule has 0 amide bonds. The van der Waals surface area contributed by atoms with Gasteiger partial charge < -0.3 is 0 Å². The van der Waals surface area contributed by atoms with E-state index in [1.165, 1.54) is 0 Å². The first-order valence-corrected chi connectivity index (χ1v) is 8.13. The minimum Gasteiger partial charge on any atom is -0.285 e. The maximum atomic E-state index is 13.3. The fourth-order valence-electron chi connectivity index (χ4n) is 1.66. The summed E-state index contributed by atoms with van der Waals surface area (Å²) in [6.07, 6.45) is -33.3. The van der Waals surface area contributed by atoms with E-state index in [0.29, 0.717) is 0 Å². The largest absolute Gasteiger partial charge is 0.285 e. The Hall–Kier alpha value is -0.790. The molecule has 9 atom stereocenters. The van der Waals surface area contributed by atoms with Crippen LogP contribution < -0.4 is 0 Å². The second kappa shape index (κ2) is 9.78. The molecule has 0 aromatic carbocycles. The highest BCUT2D eigenvalue weighted by Crippen LogP contribution is 2.28. The van der Waals surface area contributed by atoms with Gasteiger partial charge in [0.15, 0.2) is 55.5 Å². The van der Waals surface area contributed by atoms with Crippen molar-refractivity contribution in [1.29, 1.82) is 0 Å². The Morgan fingerprint density at radius 2 is 0.880 bits per heavy atom. The van der Waals surface area contributed by atoms with E-state index in [-0.39, 0.29) is 0 Å². The van der Waals surface area contributed by atoms with Crippen LogP contribution in [0.15, 0.2) is 0 Å². The van der Waals surface area contributed by atoms with Crippen LogP contribution in [0.5, 0.6) is 0 Å². The third kappa shape index (κ3) is 7.15. The summed E-state index contributed by atoms with van der Waals surface area (Å²) >= 11 is 0. The molecule has 0 aliphatic carbocycles. The molecule has 0 heterocycles. The Morgan fingerprint density at radius 3 is 1.16 bits per heavy atom. The highest BCUT2D eigenvalue weighted by Gasteiger charge is 2.48. The lowest BCUT2D eigenvalue weighted by Crippen LogP contribution is -2.48. The molecule has 0 saturated heterocycles. The second-order valence-corrected chi connectivity index (χ2v) is 6.54. The molecule has 0 aromatic rings. The molecule has 1 N–H and O–H groups in total. The molecule has 0 saturated carbocycles. The smallest absolute Gasteiger partial charge is 0.267 e. The van der Waals surface area contributed by atoms with Gasteiger partial charge in [-0.25, -0.2) is 43.9 Å². The molecule has 0 aliphatic rings. The third-order valence-electron chi connectivity index (χ3n) is 3.03. The monoisotopic (exact) mass is 416 g/mol. The van der Waals surface area contributed by atoms with Crippen molar-refractivity contribution in [3.05, 3.63) is 0 Å². The van der Waals surface area contributed by atoms with E-state index in [1.807, 2.05) is 0 Å². The summed E-state index contributed by atoms with van der Waals surface area (Å²) in [5, 5.41) is 0. The molecule has 9 unspecified atom stereocenters. The predicted molar refractivity (Wildman–Crippen MR) is 66.5 cm³/mol. The van der Waals surface area contributed by atoms with Crippen molar-refractivity contribution in [2.75, 3.05) is 12.4 Å².